The average Bonchev–Trinajstić information content (AvgIpc) is 3.49. The quantitative estimate of drug-likeness (QED) is 0.448. The van der Waals surface area contributed by atoms with Crippen LogP contribution in [0.1, 0.15) is 116 Å². The number of carbonyl (C=O) groups is 2. The second-order valence-electron chi connectivity index (χ2n) is 8.17. The number of hydrogen-bond acceptors (Lipinski definition) is 2. The molecule has 0 aliphatic heterocycles. The molecule has 4 fully saturated rings. The molecule has 6 heteroatoms. The molecule has 0 spiro atoms. The van der Waals surface area contributed by atoms with E-state index in [-0.39, 0.29) is 46.0 Å². The minimum absolute atomic E-state index is 0. The second kappa shape index (κ2) is 20.3. The van der Waals surface area contributed by atoms with Crippen LogP contribution < -0.4 is 0 Å². The first-order valence-corrected chi connectivity index (χ1v) is 11.1. The largest absolute Gasteiger partial charge is 3.00 e. The van der Waals surface area contributed by atoms with E-state index in [2.05, 4.69) is 0 Å². The molecule has 2 N–H and O–H groups in total. The zero-order valence-electron chi connectivity index (χ0n) is 17.3. The van der Waals surface area contributed by atoms with Crippen molar-refractivity contribution in [2.24, 2.45) is 11.8 Å². The third kappa shape index (κ3) is 15.9. The average molecular weight is 480 g/mol. The Morgan fingerprint density at radius 1 is 0.464 bits per heavy atom. The Bertz CT molecular complexity index is 320. The Labute approximate surface area is 192 Å². The van der Waals surface area contributed by atoms with Crippen LogP contribution in [-0.4, -0.2) is 22.2 Å². The maximum Gasteiger partial charge on any atom is 3.00 e. The molecule has 0 atom stereocenters. The molecule has 0 unspecified atom stereocenters. The molecule has 0 aromatic carbocycles. The predicted octanol–water partition coefficient (Wildman–Crippen LogP) is 6.42. The predicted molar refractivity (Wildman–Crippen MR) is 105 cm³/mol. The fourth-order valence-corrected chi connectivity index (χ4v) is 4.11. The summed E-state index contributed by atoms with van der Waals surface area (Å²) in [5.41, 5.74) is 0. The molecule has 0 heterocycles. The molecule has 4 aliphatic carbocycles. The van der Waals surface area contributed by atoms with Crippen LogP contribution in [0, 0.1) is 11.8 Å². The number of hydrogen-bond donors (Lipinski definition) is 2. The van der Waals surface area contributed by atoms with E-state index in [1.165, 1.54) is 64.2 Å². The van der Waals surface area contributed by atoms with Gasteiger partial charge in [0.15, 0.2) is 0 Å². The molecular weight excluding hydrogens is 440 g/mol. The maximum atomic E-state index is 10.2. The van der Waals surface area contributed by atoms with Gasteiger partial charge in [0.2, 0.25) is 0 Å². The van der Waals surface area contributed by atoms with Crippen LogP contribution in [0.2, 0.25) is 0 Å². The number of rotatable bonds is 2. The molecule has 4 saturated carbocycles. The molecule has 4 nitrogen and oxygen atoms in total. The Morgan fingerprint density at radius 2 is 0.643 bits per heavy atom. The first-order chi connectivity index (χ1) is 12.6. The summed E-state index contributed by atoms with van der Waals surface area (Å²) in [5.74, 6) is -1.25. The summed E-state index contributed by atoms with van der Waals surface area (Å²) in [6, 6.07) is 0. The van der Waals surface area contributed by atoms with Crippen LogP contribution in [0.25, 0.3) is 0 Å². The molecule has 28 heavy (non-hydrogen) atoms. The summed E-state index contributed by atoms with van der Waals surface area (Å²) >= 11 is 0. The SMILES string of the molecule is C1CCCC1.C1CCCC1.O=C(O)C1CCCC1.O=C(O)C1CCCC1.[Fe+2].[Fe+3]. The Morgan fingerprint density at radius 3 is 0.750 bits per heavy atom. The number of aliphatic carboxylic acids is 2. The Balaban J connectivity index is 0. The normalized spacial score (nSPS) is 20.9. The summed E-state index contributed by atoms with van der Waals surface area (Å²) in [5, 5.41) is 16.8. The standard InChI is InChI=1S/2C6H10O2.2C5H10.2Fe/c2*7-6(8)5-3-1-2-4-5;2*1-2-4-5-3-1;;/h2*5H,1-4H2,(H,7,8);2*1-5H2;;/q;;;;+2;+3. The topological polar surface area (TPSA) is 74.6 Å². The van der Waals surface area contributed by atoms with Gasteiger partial charge in [0.05, 0.1) is 11.8 Å². The zero-order chi connectivity index (χ0) is 19.0. The van der Waals surface area contributed by atoms with Crippen LogP contribution in [-0.2, 0) is 43.7 Å². The van der Waals surface area contributed by atoms with Gasteiger partial charge >= 0.3 is 46.1 Å². The van der Waals surface area contributed by atoms with Gasteiger partial charge in [0.25, 0.3) is 0 Å². The first-order valence-electron chi connectivity index (χ1n) is 11.1. The van der Waals surface area contributed by atoms with Gasteiger partial charge < -0.3 is 10.2 Å². The number of carboxylic acids is 2. The zero-order valence-corrected chi connectivity index (χ0v) is 19.5. The van der Waals surface area contributed by atoms with Crippen molar-refractivity contribution >= 4 is 11.9 Å². The molecule has 0 amide bonds. The molecule has 0 saturated heterocycles. The van der Waals surface area contributed by atoms with Gasteiger partial charge in [-0.1, -0.05) is 89.9 Å². The molecule has 163 valence electrons. The van der Waals surface area contributed by atoms with Crippen LogP contribution in [0.15, 0.2) is 0 Å². The maximum absolute atomic E-state index is 10.2. The summed E-state index contributed by atoms with van der Waals surface area (Å²) in [6.45, 7) is 0. The molecular formula is C22H40Fe2O4+5. The van der Waals surface area contributed by atoms with Gasteiger partial charge in [-0.25, -0.2) is 0 Å². The van der Waals surface area contributed by atoms with E-state index in [0.717, 1.165) is 51.4 Å². The van der Waals surface area contributed by atoms with Crippen molar-refractivity contribution in [1.29, 1.82) is 0 Å². The minimum atomic E-state index is -0.609. The van der Waals surface area contributed by atoms with Crippen molar-refractivity contribution in [3.8, 4) is 0 Å². The fourth-order valence-electron chi connectivity index (χ4n) is 4.11. The van der Waals surface area contributed by atoms with Crippen LogP contribution in [0.5, 0.6) is 0 Å². The Hall–Kier alpha value is -0.0210. The van der Waals surface area contributed by atoms with Gasteiger partial charge in [-0.3, -0.25) is 9.59 Å². The molecule has 4 rings (SSSR count). The van der Waals surface area contributed by atoms with Crippen molar-refractivity contribution in [3.05, 3.63) is 0 Å². The Kier molecular flexibility index (Phi) is 21.8. The van der Waals surface area contributed by atoms with Crippen molar-refractivity contribution < 1.29 is 53.9 Å². The van der Waals surface area contributed by atoms with E-state index >= 15 is 0 Å². The van der Waals surface area contributed by atoms with Gasteiger partial charge in [0.1, 0.15) is 0 Å². The van der Waals surface area contributed by atoms with E-state index in [0.29, 0.717) is 0 Å². The van der Waals surface area contributed by atoms with E-state index in [1.807, 2.05) is 0 Å². The third-order valence-corrected chi connectivity index (χ3v) is 5.91. The summed E-state index contributed by atoms with van der Waals surface area (Å²) in [4.78, 5) is 20.4. The molecule has 0 bridgehead atoms. The van der Waals surface area contributed by atoms with E-state index in [4.69, 9.17) is 10.2 Å². The summed E-state index contributed by atoms with van der Waals surface area (Å²) < 4.78 is 0. The van der Waals surface area contributed by atoms with Crippen LogP contribution in [0.4, 0.5) is 0 Å². The van der Waals surface area contributed by atoms with Gasteiger partial charge in [-0.2, -0.15) is 0 Å². The van der Waals surface area contributed by atoms with Crippen molar-refractivity contribution in [3.63, 3.8) is 0 Å². The molecule has 0 aromatic rings. The van der Waals surface area contributed by atoms with Crippen molar-refractivity contribution in [2.45, 2.75) is 116 Å². The molecule has 0 aromatic heterocycles. The van der Waals surface area contributed by atoms with Crippen LogP contribution in [0.3, 0.4) is 0 Å². The monoisotopic (exact) mass is 480 g/mol. The van der Waals surface area contributed by atoms with E-state index < -0.39 is 11.9 Å². The van der Waals surface area contributed by atoms with Gasteiger partial charge in [-0.05, 0) is 25.7 Å². The van der Waals surface area contributed by atoms with E-state index in [9.17, 15) is 9.59 Å². The third-order valence-electron chi connectivity index (χ3n) is 5.91. The fraction of sp³-hybridized carbons (Fsp3) is 0.909. The van der Waals surface area contributed by atoms with Gasteiger partial charge in [0, 0.05) is 0 Å². The second-order valence-corrected chi connectivity index (χ2v) is 8.17. The summed E-state index contributed by atoms with van der Waals surface area (Å²) in [6.07, 6.45) is 23.0. The molecule has 1 radical (unpaired) electrons. The summed E-state index contributed by atoms with van der Waals surface area (Å²) in [7, 11) is 0. The van der Waals surface area contributed by atoms with Crippen molar-refractivity contribution in [2.75, 3.05) is 0 Å². The first kappa shape index (κ1) is 30.2. The van der Waals surface area contributed by atoms with Gasteiger partial charge in [-0.15, -0.1) is 0 Å². The van der Waals surface area contributed by atoms with E-state index in [1.54, 1.807) is 0 Å². The van der Waals surface area contributed by atoms with Crippen LogP contribution >= 0.6 is 0 Å². The number of carboxylic acid groups (broad SMARTS) is 2. The molecule has 4 aliphatic rings. The smallest absolute Gasteiger partial charge is 0.481 e. The van der Waals surface area contributed by atoms with Crippen molar-refractivity contribution in [1.82, 2.24) is 0 Å². The minimum Gasteiger partial charge on any atom is -0.481 e.